The Morgan fingerprint density at radius 3 is 2.57 bits per heavy atom. The molecular weight excluding hydrogens is 278 g/mol. The van der Waals surface area contributed by atoms with Crippen molar-refractivity contribution in [3.05, 3.63) is 39.4 Å². The Labute approximate surface area is 121 Å². The monoisotopic (exact) mass is 295 g/mol. The Kier molecular flexibility index (Phi) is 5.79. The van der Waals surface area contributed by atoms with Crippen molar-refractivity contribution in [2.45, 2.75) is 13.5 Å². The molecule has 0 aliphatic carbocycles. The number of aromatic carboxylic acids is 1. The molecule has 114 valence electrons. The molecule has 0 aliphatic heterocycles. The van der Waals surface area contributed by atoms with Gasteiger partial charge in [0.05, 0.1) is 11.5 Å². The number of nitro groups is 1. The Morgan fingerprint density at radius 1 is 1.43 bits per heavy atom. The number of amides is 1. The number of carboxylic acids is 1. The molecule has 0 spiro atoms. The van der Waals surface area contributed by atoms with Crippen LogP contribution in [0.1, 0.15) is 22.8 Å². The predicted octanol–water partition coefficient (Wildman–Crippen LogP) is 0.861. The molecule has 0 bridgehead atoms. The second-order valence-corrected chi connectivity index (χ2v) is 4.35. The van der Waals surface area contributed by atoms with Crippen molar-refractivity contribution in [2.24, 2.45) is 0 Å². The molecule has 0 unspecified atom stereocenters. The van der Waals surface area contributed by atoms with E-state index in [1.165, 1.54) is 19.2 Å². The van der Waals surface area contributed by atoms with Crippen molar-refractivity contribution in [1.29, 1.82) is 0 Å². The molecular formula is C13H17N3O5. The van der Waals surface area contributed by atoms with Crippen LogP contribution in [0.2, 0.25) is 0 Å². The van der Waals surface area contributed by atoms with E-state index in [2.05, 4.69) is 5.32 Å². The van der Waals surface area contributed by atoms with E-state index >= 15 is 0 Å². The number of hydrogen-bond acceptors (Lipinski definition) is 5. The fraction of sp³-hybridized carbons (Fsp3) is 0.385. The summed E-state index contributed by atoms with van der Waals surface area (Å²) in [6.07, 6.45) is 0. The lowest BCUT2D eigenvalue weighted by Crippen LogP contribution is -2.35. The molecule has 1 aromatic rings. The summed E-state index contributed by atoms with van der Waals surface area (Å²) >= 11 is 0. The van der Waals surface area contributed by atoms with E-state index in [0.717, 1.165) is 6.07 Å². The van der Waals surface area contributed by atoms with Crippen molar-refractivity contribution < 1.29 is 19.6 Å². The highest BCUT2D eigenvalue weighted by molar-refractivity contribution is 5.94. The number of carbonyl (C=O) groups is 2. The zero-order chi connectivity index (χ0) is 16.0. The molecule has 1 aromatic carbocycles. The van der Waals surface area contributed by atoms with E-state index in [1.807, 2.05) is 6.92 Å². The number of carbonyl (C=O) groups excluding carboxylic acids is 1. The van der Waals surface area contributed by atoms with E-state index in [9.17, 15) is 24.8 Å². The van der Waals surface area contributed by atoms with E-state index < -0.39 is 16.6 Å². The third-order valence-electron chi connectivity index (χ3n) is 3.03. The molecule has 0 fully saturated rings. The first-order chi connectivity index (χ1) is 9.90. The molecule has 0 aliphatic rings. The minimum atomic E-state index is -1.35. The van der Waals surface area contributed by atoms with Gasteiger partial charge in [0.25, 0.3) is 5.69 Å². The normalized spacial score (nSPS) is 10.4. The summed E-state index contributed by atoms with van der Waals surface area (Å²) in [6.45, 7) is 2.57. The van der Waals surface area contributed by atoms with Crippen molar-refractivity contribution in [2.75, 3.05) is 20.1 Å². The molecule has 8 nitrogen and oxygen atoms in total. The molecule has 0 atom stereocenters. The van der Waals surface area contributed by atoms with Crippen LogP contribution in [-0.2, 0) is 11.3 Å². The molecule has 1 rings (SSSR count). The van der Waals surface area contributed by atoms with Gasteiger partial charge in [-0.25, -0.2) is 4.79 Å². The van der Waals surface area contributed by atoms with Gasteiger partial charge in [-0.2, -0.15) is 0 Å². The van der Waals surface area contributed by atoms with E-state index in [-0.39, 0.29) is 24.6 Å². The molecule has 21 heavy (non-hydrogen) atoms. The molecule has 2 N–H and O–H groups in total. The zero-order valence-electron chi connectivity index (χ0n) is 11.8. The van der Waals surface area contributed by atoms with Crippen LogP contribution >= 0.6 is 0 Å². The SMILES string of the molecule is CCN(CC(=O)NC)Cc1cccc([N+](=O)[O-])c1C(=O)O. The molecule has 0 heterocycles. The number of carboxylic acid groups (broad SMARTS) is 1. The van der Waals surface area contributed by atoms with Gasteiger partial charge in [0.15, 0.2) is 0 Å². The fourth-order valence-corrected chi connectivity index (χ4v) is 1.92. The highest BCUT2D eigenvalue weighted by Crippen LogP contribution is 2.23. The smallest absolute Gasteiger partial charge is 0.343 e. The first-order valence-electron chi connectivity index (χ1n) is 6.33. The molecule has 0 radical (unpaired) electrons. The summed E-state index contributed by atoms with van der Waals surface area (Å²) in [5, 5.41) is 22.6. The zero-order valence-corrected chi connectivity index (χ0v) is 11.8. The topological polar surface area (TPSA) is 113 Å². The van der Waals surface area contributed by atoms with Crippen LogP contribution in [-0.4, -0.2) is 46.9 Å². The Morgan fingerprint density at radius 2 is 2.10 bits per heavy atom. The number of hydrogen-bond donors (Lipinski definition) is 2. The number of nitro benzene ring substituents is 1. The minimum absolute atomic E-state index is 0.0920. The first-order valence-corrected chi connectivity index (χ1v) is 6.33. The fourth-order valence-electron chi connectivity index (χ4n) is 1.92. The van der Waals surface area contributed by atoms with Gasteiger partial charge in [0.1, 0.15) is 5.56 Å². The Balaban J connectivity index is 3.12. The number of rotatable bonds is 7. The highest BCUT2D eigenvalue weighted by atomic mass is 16.6. The standard InChI is InChI=1S/C13H17N3O5/c1-3-15(8-11(17)14-2)7-9-5-4-6-10(16(20)21)12(9)13(18)19/h4-6H,3,7-8H2,1-2H3,(H,14,17)(H,18,19). The maximum atomic E-state index is 11.4. The first kappa shape index (κ1) is 16.6. The van der Waals surface area contributed by atoms with Crippen molar-refractivity contribution >= 4 is 17.6 Å². The largest absolute Gasteiger partial charge is 0.477 e. The number of likely N-dealkylation sites (N-methyl/N-ethyl adjacent to an activating group) is 2. The quantitative estimate of drug-likeness (QED) is 0.570. The molecule has 8 heteroatoms. The average Bonchev–Trinajstić information content (AvgIpc) is 2.45. The van der Waals surface area contributed by atoms with E-state index in [4.69, 9.17) is 0 Å². The summed E-state index contributed by atoms with van der Waals surface area (Å²) in [5.74, 6) is -1.56. The molecule has 0 saturated carbocycles. The maximum absolute atomic E-state index is 11.4. The predicted molar refractivity (Wildman–Crippen MR) is 75.1 cm³/mol. The van der Waals surface area contributed by atoms with Crippen LogP contribution in [0.4, 0.5) is 5.69 Å². The molecule has 0 saturated heterocycles. The van der Waals surface area contributed by atoms with E-state index in [0.29, 0.717) is 12.1 Å². The van der Waals surface area contributed by atoms with Gasteiger partial charge in [-0.3, -0.25) is 19.8 Å². The summed E-state index contributed by atoms with van der Waals surface area (Å²) in [6, 6.07) is 4.11. The van der Waals surface area contributed by atoms with E-state index in [1.54, 1.807) is 4.90 Å². The lowest BCUT2D eigenvalue weighted by atomic mass is 10.0. The number of nitrogens with zero attached hydrogens (tertiary/aromatic N) is 2. The van der Waals surface area contributed by atoms with Crippen LogP contribution in [0, 0.1) is 10.1 Å². The second kappa shape index (κ2) is 7.34. The summed E-state index contributed by atoms with van der Waals surface area (Å²) in [7, 11) is 1.51. The summed E-state index contributed by atoms with van der Waals surface area (Å²) in [5.41, 5.74) is -0.476. The third-order valence-corrected chi connectivity index (χ3v) is 3.03. The van der Waals surface area contributed by atoms with Gasteiger partial charge < -0.3 is 10.4 Å². The van der Waals surface area contributed by atoms with Crippen LogP contribution in [0.15, 0.2) is 18.2 Å². The molecule has 0 aromatic heterocycles. The second-order valence-electron chi connectivity index (χ2n) is 4.35. The summed E-state index contributed by atoms with van der Waals surface area (Å²) in [4.78, 5) is 34.6. The van der Waals surface area contributed by atoms with Gasteiger partial charge >= 0.3 is 5.97 Å². The van der Waals surface area contributed by atoms with Gasteiger partial charge in [0.2, 0.25) is 5.91 Å². The Bertz CT molecular complexity index is 559. The van der Waals surface area contributed by atoms with Crippen LogP contribution in [0.5, 0.6) is 0 Å². The van der Waals surface area contributed by atoms with Crippen molar-refractivity contribution in [3.63, 3.8) is 0 Å². The third kappa shape index (κ3) is 4.25. The Hall–Kier alpha value is -2.48. The highest BCUT2D eigenvalue weighted by Gasteiger charge is 2.24. The maximum Gasteiger partial charge on any atom is 0.343 e. The molecule has 1 amide bonds. The lowest BCUT2D eigenvalue weighted by molar-refractivity contribution is -0.385. The van der Waals surface area contributed by atoms with Crippen molar-refractivity contribution in [3.8, 4) is 0 Å². The van der Waals surface area contributed by atoms with Gasteiger partial charge in [-0.15, -0.1) is 0 Å². The van der Waals surface area contributed by atoms with Gasteiger partial charge in [0, 0.05) is 19.7 Å². The van der Waals surface area contributed by atoms with Crippen molar-refractivity contribution in [1.82, 2.24) is 10.2 Å². The minimum Gasteiger partial charge on any atom is -0.477 e. The van der Waals surface area contributed by atoms with Crippen LogP contribution < -0.4 is 5.32 Å². The number of benzene rings is 1. The van der Waals surface area contributed by atoms with Crippen LogP contribution in [0.25, 0.3) is 0 Å². The number of nitrogens with one attached hydrogen (secondary N) is 1. The lowest BCUT2D eigenvalue weighted by Gasteiger charge is -2.20. The average molecular weight is 295 g/mol. The van der Waals surface area contributed by atoms with Gasteiger partial charge in [-0.05, 0) is 12.1 Å². The summed E-state index contributed by atoms with van der Waals surface area (Å²) < 4.78 is 0. The van der Waals surface area contributed by atoms with Crippen LogP contribution in [0.3, 0.4) is 0 Å². The van der Waals surface area contributed by atoms with Gasteiger partial charge in [-0.1, -0.05) is 19.1 Å².